The van der Waals surface area contributed by atoms with Crippen molar-refractivity contribution in [2.24, 2.45) is 0 Å². The summed E-state index contributed by atoms with van der Waals surface area (Å²) in [6, 6.07) is 18.0. The van der Waals surface area contributed by atoms with Crippen molar-refractivity contribution in [3.8, 4) is 22.8 Å². The summed E-state index contributed by atoms with van der Waals surface area (Å²) in [5.41, 5.74) is 2.59. The van der Waals surface area contributed by atoms with Crippen molar-refractivity contribution in [2.45, 2.75) is 0 Å². The van der Waals surface area contributed by atoms with Gasteiger partial charge in [0, 0.05) is 17.4 Å². The molecule has 0 unspecified atom stereocenters. The SMILES string of the molecule is O=C(Nc1ccc(Oc2cccnc2)cc1)c1cc(-c2ccc3n[nH]nc3n2)ccc1F. The molecule has 9 heteroatoms. The number of carbonyl (C=O) groups excluding carboxylic acids is 1. The third-order valence-electron chi connectivity index (χ3n) is 4.67. The molecule has 0 bridgehead atoms. The van der Waals surface area contributed by atoms with Crippen molar-refractivity contribution in [3.05, 3.63) is 90.5 Å². The maximum Gasteiger partial charge on any atom is 0.258 e. The molecule has 5 aromatic rings. The van der Waals surface area contributed by atoms with Crippen LogP contribution < -0.4 is 10.1 Å². The van der Waals surface area contributed by atoms with Gasteiger partial charge in [0.1, 0.15) is 22.8 Å². The van der Waals surface area contributed by atoms with E-state index in [1.165, 1.54) is 12.1 Å². The molecule has 0 atom stereocenters. The number of nitrogens with one attached hydrogen (secondary N) is 2. The number of amides is 1. The van der Waals surface area contributed by atoms with Crippen molar-refractivity contribution in [1.29, 1.82) is 0 Å². The Kier molecular flexibility index (Phi) is 4.97. The normalized spacial score (nSPS) is 10.8. The van der Waals surface area contributed by atoms with Gasteiger partial charge in [-0.25, -0.2) is 9.37 Å². The minimum atomic E-state index is -0.634. The molecule has 0 aliphatic rings. The number of ether oxygens (including phenoxy) is 1. The van der Waals surface area contributed by atoms with Gasteiger partial charge in [-0.2, -0.15) is 10.3 Å². The molecular formula is C23H15FN6O2. The fourth-order valence-electron chi connectivity index (χ4n) is 3.10. The van der Waals surface area contributed by atoms with Gasteiger partial charge >= 0.3 is 0 Å². The van der Waals surface area contributed by atoms with E-state index in [-0.39, 0.29) is 5.56 Å². The van der Waals surface area contributed by atoms with E-state index in [1.807, 2.05) is 0 Å². The zero-order valence-corrected chi connectivity index (χ0v) is 16.5. The maximum absolute atomic E-state index is 14.4. The number of hydrogen-bond donors (Lipinski definition) is 2. The van der Waals surface area contributed by atoms with Crippen molar-refractivity contribution in [2.75, 3.05) is 5.32 Å². The van der Waals surface area contributed by atoms with Gasteiger partial charge in [0.15, 0.2) is 0 Å². The molecule has 0 spiro atoms. The molecule has 3 heterocycles. The van der Waals surface area contributed by atoms with Crippen LogP contribution in [0, 0.1) is 5.82 Å². The van der Waals surface area contributed by atoms with Crippen LogP contribution in [-0.2, 0) is 0 Å². The molecule has 8 nitrogen and oxygen atoms in total. The summed E-state index contributed by atoms with van der Waals surface area (Å²) in [6.07, 6.45) is 3.25. The molecular weight excluding hydrogens is 411 g/mol. The summed E-state index contributed by atoms with van der Waals surface area (Å²) in [5, 5.41) is 13.1. The largest absolute Gasteiger partial charge is 0.456 e. The lowest BCUT2D eigenvalue weighted by molar-refractivity contribution is 0.102. The number of H-pyrrole nitrogens is 1. The van der Waals surface area contributed by atoms with Crippen LogP contribution in [-0.4, -0.2) is 31.3 Å². The van der Waals surface area contributed by atoms with Crippen LogP contribution in [0.3, 0.4) is 0 Å². The average molecular weight is 426 g/mol. The van der Waals surface area contributed by atoms with Gasteiger partial charge in [0.2, 0.25) is 5.65 Å². The number of pyridine rings is 2. The molecule has 156 valence electrons. The van der Waals surface area contributed by atoms with Crippen LogP contribution in [0.25, 0.3) is 22.4 Å². The number of rotatable bonds is 5. The standard InChI is InChI=1S/C23H15FN6O2/c24-19-8-3-14(20-9-10-21-22(27-20)29-30-28-21)12-18(19)23(31)26-15-4-6-16(7-5-15)32-17-2-1-11-25-13-17/h1-13H,(H,26,31)(H,27,28,29,30). The van der Waals surface area contributed by atoms with Crippen LogP contribution in [0.1, 0.15) is 10.4 Å². The van der Waals surface area contributed by atoms with E-state index in [4.69, 9.17) is 4.74 Å². The van der Waals surface area contributed by atoms with Gasteiger partial charge in [-0.15, -0.1) is 5.10 Å². The maximum atomic E-state index is 14.4. The molecule has 0 radical (unpaired) electrons. The molecule has 0 aliphatic heterocycles. The molecule has 32 heavy (non-hydrogen) atoms. The van der Waals surface area contributed by atoms with Gasteiger partial charge in [0.05, 0.1) is 17.5 Å². The second-order valence-electron chi connectivity index (χ2n) is 6.83. The highest BCUT2D eigenvalue weighted by atomic mass is 19.1. The van der Waals surface area contributed by atoms with E-state index in [0.29, 0.717) is 39.6 Å². The lowest BCUT2D eigenvalue weighted by Gasteiger charge is -2.09. The lowest BCUT2D eigenvalue weighted by atomic mass is 10.1. The first-order valence-corrected chi connectivity index (χ1v) is 9.62. The van der Waals surface area contributed by atoms with E-state index in [2.05, 4.69) is 30.7 Å². The minimum absolute atomic E-state index is 0.0970. The van der Waals surface area contributed by atoms with Crippen molar-refractivity contribution in [3.63, 3.8) is 0 Å². The Hall–Kier alpha value is -4.66. The predicted octanol–water partition coefficient (Wildman–Crippen LogP) is 4.60. The number of carbonyl (C=O) groups is 1. The quantitative estimate of drug-likeness (QED) is 0.426. The van der Waals surface area contributed by atoms with Gasteiger partial charge in [0.25, 0.3) is 5.91 Å². The number of aromatic amines is 1. The molecule has 2 aromatic carbocycles. The molecule has 0 saturated heterocycles. The Bertz CT molecular complexity index is 1400. The van der Waals surface area contributed by atoms with Gasteiger partial charge in [-0.3, -0.25) is 9.78 Å². The first-order valence-electron chi connectivity index (χ1n) is 9.62. The predicted molar refractivity (Wildman–Crippen MR) is 116 cm³/mol. The third kappa shape index (κ3) is 3.99. The van der Waals surface area contributed by atoms with E-state index in [0.717, 1.165) is 0 Å². The number of hydrogen-bond acceptors (Lipinski definition) is 6. The second kappa shape index (κ2) is 8.23. The zero-order valence-electron chi connectivity index (χ0n) is 16.5. The highest BCUT2D eigenvalue weighted by Gasteiger charge is 2.15. The van der Waals surface area contributed by atoms with Gasteiger partial charge in [-0.05, 0) is 66.7 Å². The van der Waals surface area contributed by atoms with Crippen molar-refractivity contribution in [1.82, 2.24) is 25.4 Å². The summed E-state index contributed by atoms with van der Waals surface area (Å²) in [5.74, 6) is -0.0304. The number of fused-ring (bicyclic) bond motifs is 1. The van der Waals surface area contributed by atoms with Crippen LogP contribution in [0.5, 0.6) is 11.5 Å². The van der Waals surface area contributed by atoms with Crippen LogP contribution in [0.2, 0.25) is 0 Å². The Labute approximate surface area is 181 Å². The highest BCUT2D eigenvalue weighted by Crippen LogP contribution is 2.25. The minimum Gasteiger partial charge on any atom is -0.456 e. The molecule has 1 amide bonds. The Morgan fingerprint density at radius 3 is 2.66 bits per heavy atom. The van der Waals surface area contributed by atoms with Crippen LogP contribution in [0.4, 0.5) is 10.1 Å². The molecule has 0 saturated carbocycles. The third-order valence-corrected chi connectivity index (χ3v) is 4.67. The molecule has 0 aliphatic carbocycles. The number of nitrogens with zero attached hydrogens (tertiary/aromatic N) is 4. The highest BCUT2D eigenvalue weighted by molar-refractivity contribution is 6.05. The van der Waals surface area contributed by atoms with Gasteiger partial charge < -0.3 is 10.1 Å². The monoisotopic (exact) mass is 426 g/mol. The van der Waals surface area contributed by atoms with Crippen molar-refractivity contribution < 1.29 is 13.9 Å². The Morgan fingerprint density at radius 2 is 1.84 bits per heavy atom. The lowest BCUT2D eigenvalue weighted by Crippen LogP contribution is -2.14. The molecule has 3 aromatic heterocycles. The van der Waals surface area contributed by atoms with Crippen LogP contribution >= 0.6 is 0 Å². The zero-order chi connectivity index (χ0) is 21.9. The first kappa shape index (κ1) is 19.3. The smallest absolute Gasteiger partial charge is 0.258 e. The molecule has 0 fully saturated rings. The van der Waals surface area contributed by atoms with Gasteiger partial charge in [-0.1, -0.05) is 0 Å². The summed E-state index contributed by atoms with van der Waals surface area (Å²) >= 11 is 0. The topological polar surface area (TPSA) is 106 Å². The van der Waals surface area contributed by atoms with Crippen LogP contribution in [0.15, 0.2) is 79.1 Å². The van der Waals surface area contributed by atoms with E-state index < -0.39 is 11.7 Å². The summed E-state index contributed by atoms with van der Waals surface area (Å²) < 4.78 is 20.1. The summed E-state index contributed by atoms with van der Waals surface area (Å²) in [4.78, 5) is 21.1. The number of aromatic nitrogens is 5. The average Bonchev–Trinajstić information content (AvgIpc) is 3.29. The fourth-order valence-corrected chi connectivity index (χ4v) is 3.10. The first-order chi connectivity index (χ1) is 15.7. The Balaban J connectivity index is 1.34. The van der Waals surface area contributed by atoms with E-state index in [9.17, 15) is 9.18 Å². The van der Waals surface area contributed by atoms with Crippen molar-refractivity contribution >= 4 is 22.8 Å². The number of halogens is 1. The molecule has 2 N–H and O–H groups in total. The summed E-state index contributed by atoms with van der Waals surface area (Å²) in [6.45, 7) is 0. The Morgan fingerprint density at radius 1 is 0.969 bits per heavy atom. The fraction of sp³-hybridized carbons (Fsp3) is 0. The van der Waals surface area contributed by atoms with E-state index in [1.54, 1.807) is 67.0 Å². The second-order valence-corrected chi connectivity index (χ2v) is 6.83. The van der Waals surface area contributed by atoms with E-state index >= 15 is 0 Å². The number of benzene rings is 2. The molecule has 5 rings (SSSR count). The number of anilines is 1. The summed E-state index contributed by atoms with van der Waals surface area (Å²) in [7, 11) is 0.